The molecule has 0 fully saturated rings. The van der Waals surface area contributed by atoms with Gasteiger partial charge in [-0.05, 0) is 31.8 Å². The molecule has 1 heteroatoms. The van der Waals surface area contributed by atoms with Gasteiger partial charge in [-0.25, -0.2) is 0 Å². The fraction of sp³-hybridized carbons (Fsp3) is 0.688. The van der Waals surface area contributed by atoms with E-state index in [0.29, 0.717) is 5.78 Å². The fourth-order valence-corrected chi connectivity index (χ4v) is 2.20. The average Bonchev–Trinajstić information content (AvgIpc) is 2.32. The van der Waals surface area contributed by atoms with Crippen LogP contribution in [0.25, 0.3) is 0 Å². The van der Waals surface area contributed by atoms with Crippen molar-refractivity contribution < 1.29 is 4.79 Å². The van der Waals surface area contributed by atoms with Gasteiger partial charge in [0.1, 0.15) is 0 Å². The first-order chi connectivity index (χ1) is 8.39. The number of ketones is 1. The Morgan fingerprint density at radius 1 is 0.706 bits per heavy atom. The van der Waals surface area contributed by atoms with E-state index in [2.05, 4.69) is 12.2 Å². The minimum absolute atomic E-state index is 0.297. The summed E-state index contributed by atoms with van der Waals surface area (Å²) in [5, 5.41) is 0. The molecule has 0 N–H and O–H groups in total. The summed E-state index contributed by atoms with van der Waals surface area (Å²) in [6.45, 7) is 0. The smallest absolute Gasteiger partial charge is 0.155 e. The van der Waals surface area contributed by atoms with Gasteiger partial charge < -0.3 is 0 Å². The monoisotopic (exact) mass is 234 g/mol. The molecule has 0 unspecified atom stereocenters. The van der Waals surface area contributed by atoms with Crippen molar-refractivity contribution >= 4 is 5.78 Å². The molecule has 0 aromatic heterocycles. The molecule has 0 atom stereocenters. The number of allylic oxidation sites excluding steroid dienone is 4. The molecule has 1 aliphatic rings. The zero-order chi connectivity index (χ0) is 12.2. The van der Waals surface area contributed by atoms with Crippen LogP contribution in [0.2, 0.25) is 0 Å². The molecule has 0 saturated heterocycles. The standard InChI is InChI=1S/C16H26O/c17-16-14-12-10-8-6-4-2-1-3-5-7-9-11-13-15-16/h6,8,12,14H,1-5,7,9-11,13,15H2. The molecule has 0 saturated carbocycles. The quantitative estimate of drug-likeness (QED) is 0.541. The SMILES string of the molecule is O=C1C=CCC=CCCCCCCCCCC1. The Labute approximate surface area is 106 Å². The van der Waals surface area contributed by atoms with Gasteiger partial charge in [-0.2, -0.15) is 0 Å². The molecule has 1 nitrogen and oxygen atoms in total. The van der Waals surface area contributed by atoms with Crippen LogP contribution in [-0.2, 0) is 4.79 Å². The third kappa shape index (κ3) is 8.91. The molecule has 17 heavy (non-hydrogen) atoms. The van der Waals surface area contributed by atoms with Crippen molar-refractivity contribution in [1.82, 2.24) is 0 Å². The van der Waals surface area contributed by atoms with Gasteiger partial charge in [-0.1, -0.05) is 56.8 Å². The molecule has 1 rings (SSSR count). The Kier molecular flexibility index (Phi) is 8.62. The summed E-state index contributed by atoms with van der Waals surface area (Å²) in [7, 11) is 0. The van der Waals surface area contributed by atoms with Gasteiger partial charge in [0.15, 0.2) is 5.78 Å². The first-order valence-corrected chi connectivity index (χ1v) is 7.24. The molecule has 0 radical (unpaired) electrons. The molecule has 0 spiro atoms. The number of hydrogen-bond acceptors (Lipinski definition) is 1. The molecule has 0 heterocycles. The Morgan fingerprint density at radius 2 is 1.35 bits per heavy atom. The van der Waals surface area contributed by atoms with E-state index in [1.165, 1.54) is 51.4 Å². The molecular formula is C16H26O. The molecule has 0 bridgehead atoms. The van der Waals surface area contributed by atoms with E-state index in [0.717, 1.165) is 19.3 Å². The highest BCUT2D eigenvalue weighted by molar-refractivity contribution is 5.89. The van der Waals surface area contributed by atoms with E-state index >= 15 is 0 Å². The Bertz CT molecular complexity index is 250. The lowest BCUT2D eigenvalue weighted by atomic mass is 10.0. The van der Waals surface area contributed by atoms with Crippen LogP contribution in [0.15, 0.2) is 24.3 Å². The van der Waals surface area contributed by atoms with Gasteiger partial charge in [0.05, 0.1) is 0 Å². The van der Waals surface area contributed by atoms with E-state index in [1.54, 1.807) is 6.08 Å². The molecule has 0 aromatic carbocycles. The minimum Gasteiger partial charge on any atom is -0.295 e. The summed E-state index contributed by atoms with van der Waals surface area (Å²) >= 11 is 0. The predicted octanol–water partition coefficient (Wildman–Crippen LogP) is 4.97. The zero-order valence-electron chi connectivity index (χ0n) is 11.0. The second kappa shape index (κ2) is 10.3. The van der Waals surface area contributed by atoms with Crippen LogP contribution in [0, 0.1) is 0 Å². The van der Waals surface area contributed by atoms with Gasteiger partial charge in [-0.15, -0.1) is 0 Å². The van der Waals surface area contributed by atoms with E-state index in [1.807, 2.05) is 6.08 Å². The van der Waals surface area contributed by atoms with Gasteiger partial charge in [0, 0.05) is 6.42 Å². The predicted molar refractivity (Wildman–Crippen MR) is 74.1 cm³/mol. The maximum absolute atomic E-state index is 11.5. The highest BCUT2D eigenvalue weighted by Gasteiger charge is 1.97. The summed E-state index contributed by atoms with van der Waals surface area (Å²) in [4.78, 5) is 11.5. The van der Waals surface area contributed by atoms with Crippen LogP contribution in [0.5, 0.6) is 0 Å². The van der Waals surface area contributed by atoms with Crippen LogP contribution < -0.4 is 0 Å². The largest absolute Gasteiger partial charge is 0.295 e. The maximum Gasteiger partial charge on any atom is 0.155 e. The number of carbonyl (C=O) groups is 1. The van der Waals surface area contributed by atoms with Crippen molar-refractivity contribution in [3.63, 3.8) is 0 Å². The van der Waals surface area contributed by atoms with Crippen LogP contribution in [-0.4, -0.2) is 5.78 Å². The van der Waals surface area contributed by atoms with Crippen molar-refractivity contribution in [3.8, 4) is 0 Å². The molecular weight excluding hydrogens is 208 g/mol. The van der Waals surface area contributed by atoms with E-state index in [9.17, 15) is 4.79 Å². The lowest BCUT2D eigenvalue weighted by Crippen LogP contribution is -1.92. The van der Waals surface area contributed by atoms with Crippen molar-refractivity contribution in [3.05, 3.63) is 24.3 Å². The first kappa shape index (κ1) is 14.2. The van der Waals surface area contributed by atoms with E-state index in [4.69, 9.17) is 0 Å². The Balaban J connectivity index is 2.27. The fourth-order valence-electron chi connectivity index (χ4n) is 2.20. The molecule has 0 amide bonds. The summed E-state index contributed by atoms with van der Waals surface area (Å²) in [5.41, 5.74) is 0. The number of rotatable bonds is 0. The summed E-state index contributed by atoms with van der Waals surface area (Å²) in [6, 6.07) is 0. The van der Waals surface area contributed by atoms with Gasteiger partial charge >= 0.3 is 0 Å². The summed E-state index contributed by atoms with van der Waals surface area (Å²) in [6.07, 6.45) is 21.4. The zero-order valence-corrected chi connectivity index (χ0v) is 11.0. The van der Waals surface area contributed by atoms with Crippen LogP contribution in [0.4, 0.5) is 0 Å². The Hall–Kier alpha value is -0.850. The highest BCUT2D eigenvalue weighted by Crippen LogP contribution is 2.11. The first-order valence-electron chi connectivity index (χ1n) is 7.24. The third-order valence-electron chi connectivity index (χ3n) is 3.29. The lowest BCUT2D eigenvalue weighted by Gasteiger charge is -2.01. The maximum atomic E-state index is 11.5. The van der Waals surface area contributed by atoms with Crippen molar-refractivity contribution in [2.24, 2.45) is 0 Å². The minimum atomic E-state index is 0.297. The van der Waals surface area contributed by atoms with E-state index in [-0.39, 0.29) is 0 Å². The molecule has 0 aliphatic heterocycles. The molecule has 96 valence electrons. The van der Waals surface area contributed by atoms with E-state index < -0.39 is 0 Å². The van der Waals surface area contributed by atoms with Gasteiger partial charge in [0.2, 0.25) is 0 Å². The second-order valence-corrected chi connectivity index (χ2v) is 4.94. The van der Waals surface area contributed by atoms with Crippen molar-refractivity contribution in [2.75, 3.05) is 0 Å². The summed E-state index contributed by atoms with van der Waals surface area (Å²) in [5.74, 6) is 0.297. The Morgan fingerprint density at radius 3 is 2.12 bits per heavy atom. The normalized spacial score (nSPS) is 21.5. The third-order valence-corrected chi connectivity index (χ3v) is 3.29. The number of hydrogen-bond donors (Lipinski definition) is 0. The average molecular weight is 234 g/mol. The van der Waals surface area contributed by atoms with Gasteiger partial charge in [0.25, 0.3) is 0 Å². The summed E-state index contributed by atoms with van der Waals surface area (Å²) < 4.78 is 0. The highest BCUT2D eigenvalue weighted by atomic mass is 16.1. The van der Waals surface area contributed by atoms with Gasteiger partial charge in [-0.3, -0.25) is 4.79 Å². The molecule has 1 aliphatic carbocycles. The van der Waals surface area contributed by atoms with Crippen molar-refractivity contribution in [2.45, 2.75) is 70.6 Å². The molecule has 0 aromatic rings. The van der Waals surface area contributed by atoms with Crippen molar-refractivity contribution in [1.29, 1.82) is 0 Å². The van der Waals surface area contributed by atoms with Crippen LogP contribution in [0.1, 0.15) is 70.6 Å². The number of carbonyl (C=O) groups excluding carboxylic acids is 1. The van der Waals surface area contributed by atoms with Crippen LogP contribution in [0.3, 0.4) is 0 Å². The second-order valence-electron chi connectivity index (χ2n) is 4.94. The lowest BCUT2D eigenvalue weighted by molar-refractivity contribution is -0.114. The topological polar surface area (TPSA) is 17.1 Å². The van der Waals surface area contributed by atoms with Crippen LogP contribution >= 0.6 is 0 Å².